The minimum atomic E-state index is -1.65. The smallest absolute Gasteiger partial charge is 0.260 e. The number of carbonyl (C=O) groups is 2. The van der Waals surface area contributed by atoms with Crippen molar-refractivity contribution in [3.8, 4) is 11.5 Å². The minimum absolute atomic E-state index is 0.0699. The lowest BCUT2D eigenvalue weighted by Gasteiger charge is -2.28. The molecule has 2 heterocycles. The van der Waals surface area contributed by atoms with Crippen LogP contribution < -0.4 is 9.47 Å². The van der Waals surface area contributed by atoms with Gasteiger partial charge in [0.1, 0.15) is 17.3 Å². The van der Waals surface area contributed by atoms with Crippen LogP contribution >= 0.6 is 0 Å². The van der Waals surface area contributed by atoms with Crippen LogP contribution in [-0.2, 0) is 9.53 Å². The molecular formula is C26H29FN2O6. The molecule has 2 aromatic rings. The summed E-state index contributed by atoms with van der Waals surface area (Å²) in [7, 11) is 3.00. The van der Waals surface area contributed by atoms with Gasteiger partial charge in [0.05, 0.1) is 38.7 Å². The lowest BCUT2D eigenvalue weighted by atomic mass is 9.96. The Morgan fingerprint density at radius 1 is 1.09 bits per heavy atom. The van der Waals surface area contributed by atoms with Gasteiger partial charge in [0, 0.05) is 37.3 Å². The molecule has 35 heavy (non-hydrogen) atoms. The maximum atomic E-state index is 13.5. The van der Waals surface area contributed by atoms with Crippen LogP contribution in [0.3, 0.4) is 0 Å². The Labute approximate surface area is 203 Å². The van der Waals surface area contributed by atoms with E-state index < -0.39 is 23.6 Å². The molecule has 1 amide bonds. The van der Waals surface area contributed by atoms with Crippen molar-refractivity contribution in [2.45, 2.75) is 12.5 Å². The molecule has 1 unspecified atom stereocenters. The first-order valence-electron chi connectivity index (χ1n) is 11.5. The van der Waals surface area contributed by atoms with Gasteiger partial charge in [0.15, 0.2) is 11.9 Å². The lowest BCUT2D eigenvalue weighted by Crippen LogP contribution is -2.39. The van der Waals surface area contributed by atoms with Gasteiger partial charge in [-0.1, -0.05) is 0 Å². The normalized spacial score (nSPS) is 18.8. The Balaban J connectivity index is 1.75. The van der Waals surface area contributed by atoms with E-state index in [4.69, 9.17) is 14.2 Å². The number of nitrogens with zero attached hydrogens (tertiary/aromatic N) is 2. The van der Waals surface area contributed by atoms with Crippen molar-refractivity contribution in [3.05, 3.63) is 65.0 Å². The van der Waals surface area contributed by atoms with Crippen LogP contribution in [-0.4, -0.2) is 86.3 Å². The number of ketones is 1. The van der Waals surface area contributed by atoms with Crippen molar-refractivity contribution in [2.75, 3.05) is 53.6 Å². The zero-order valence-corrected chi connectivity index (χ0v) is 19.8. The summed E-state index contributed by atoms with van der Waals surface area (Å²) in [5, 5.41) is 10.9. The molecule has 9 heteroatoms. The highest BCUT2D eigenvalue weighted by molar-refractivity contribution is 6.21. The van der Waals surface area contributed by atoms with E-state index in [0.29, 0.717) is 43.2 Å². The number of aliphatic hydroxyl groups is 1. The van der Waals surface area contributed by atoms with E-state index in [2.05, 4.69) is 4.90 Å². The third-order valence-corrected chi connectivity index (χ3v) is 6.27. The van der Waals surface area contributed by atoms with Crippen LogP contribution in [0.15, 0.2) is 48.0 Å². The number of Topliss-reactive ketones (excluding diaryl/α,β-unsaturated/α-hetero) is 1. The third kappa shape index (κ3) is 5.22. The predicted molar refractivity (Wildman–Crippen MR) is 127 cm³/mol. The van der Waals surface area contributed by atoms with E-state index in [-0.39, 0.29) is 16.8 Å². The topological polar surface area (TPSA) is 88.5 Å². The second-order valence-electron chi connectivity index (χ2n) is 8.36. The van der Waals surface area contributed by atoms with Crippen LogP contribution in [0.4, 0.5) is 4.39 Å². The number of amides is 1. The first kappa shape index (κ1) is 24.8. The Morgan fingerprint density at radius 2 is 1.80 bits per heavy atom. The summed E-state index contributed by atoms with van der Waals surface area (Å²) in [6.07, 6.45) is -1.02. The van der Waals surface area contributed by atoms with Gasteiger partial charge >= 0.3 is 0 Å². The van der Waals surface area contributed by atoms with Gasteiger partial charge < -0.3 is 24.2 Å². The number of ether oxygens (including phenoxy) is 3. The molecular weight excluding hydrogens is 455 g/mol. The predicted octanol–water partition coefficient (Wildman–Crippen LogP) is 2.36. The van der Waals surface area contributed by atoms with Crippen LogP contribution in [0.5, 0.6) is 11.5 Å². The summed E-state index contributed by atoms with van der Waals surface area (Å²) in [4.78, 5) is 30.4. The largest absolute Gasteiger partial charge is 0.497 e. The van der Waals surface area contributed by atoms with Crippen LogP contribution in [0.1, 0.15) is 22.3 Å². The summed E-state index contributed by atoms with van der Waals surface area (Å²) >= 11 is 0. The molecule has 0 bridgehead atoms. The van der Waals surface area contributed by atoms with E-state index >= 15 is 0 Å². The number of benzene rings is 2. The zero-order chi connectivity index (χ0) is 24.9. The Morgan fingerprint density at radius 3 is 2.46 bits per heavy atom. The number of hydrogen-bond donors (Lipinski definition) is 1. The van der Waals surface area contributed by atoms with Gasteiger partial charge in [0.25, 0.3) is 5.91 Å². The molecule has 0 radical (unpaired) electrons. The highest BCUT2D eigenvalue weighted by Crippen LogP contribution is 2.40. The van der Waals surface area contributed by atoms with Crippen molar-refractivity contribution in [1.29, 1.82) is 0 Å². The summed E-state index contributed by atoms with van der Waals surface area (Å²) < 4.78 is 29.8. The summed E-state index contributed by atoms with van der Waals surface area (Å²) in [5.74, 6) is -0.703. The molecule has 1 N–H and O–H groups in total. The number of rotatable bonds is 9. The lowest BCUT2D eigenvalue weighted by molar-refractivity contribution is -0.133. The molecule has 8 nitrogen and oxygen atoms in total. The molecule has 2 aromatic carbocycles. The molecule has 2 aliphatic rings. The molecule has 0 aliphatic carbocycles. The second kappa shape index (κ2) is 11.0. The van der Waals surface area contributed by atoms with Crippen LogP contribution in [0, 0.1) is 5.82 Å². The Hall–Kier alpha value is -3.27. The number of methoxy groups -OCH3 is 2. The first-order valence-corrected chi connectivity index (χ1v) is 11.5. The fourth-order valence-electron chi connectivity index (χ4n) is 4.43. The van der Waals surface area contributed by atoms with E-state index in [9.17, 15) is 19.1 Å². The van der Waals surface area contributed by atoms with Gasteiger partial charge in [0.2, 0.25) is 0 Å². The van der Waals surface area contributed by atoms with Crippen molar-refractivity contribution in [3.63, 3.8) is 0 Å². The second-order valence-corrected chi connectivity index (χ2v) is 8.36. The fourth-order valence-corrected chi connectivity index (χ4v) is 4.43. The quantitative estimate of drug-likeness (QED) is 0.547. The van der Waals surface area contributed by atoms with Crippen molar-refractivity contribution >= 4 is 17.4 Å². The first-order chi connectivity index (χ1) is 16.9. The standard InChI is InChI=1S/C26H29FN2O6/c1-33-19-8-9-21(34-2)20(16-19)23-22(24(30)17-4-6-18(27)7-5-17)25(31)26(32)29(23)11-3-10-28-12-14-35-15-13-28/h4-9,16,25,31H,3,10-15H2,1-2H3. The van der Waals surface area contributed by atoms with Gasteiger partial charge in [-0.15, -0.1) is 0 Å². The molecule has 1 atom stereocenters. The summed E-state index contributed by atoms with van der Waals surface area (Å²) in [6.45, 7) is 4.01. The molecule has 0 saturated carbocycles. The minimum Gasteiger partial charge on any atom is -0.497 e. The molecule has 0 aromatic heterocycles. The van der Waals surface area contributed by atoms with Gasteiger partial charge in [-0.2, -0.15) is 0 Å². The highest BCUT2D eigenvalue weighted by atomic mass is 19.1. The SMILES string of the molecule is COc1ccc(OC)c(C2=C(C(=O)c3ccc(F)cc3)C(O)C(=O)N2CCCN2CCOCC2)c1. The molecule has 0 spiro atoms. The van der Waals surface area contributed by atoms with Crippen molar-refractivity contribution in [1.82, 2.24) is 9.80 Å². The molecule has 4 rings (SSSR count). The van der Waals surface area contributed by atoms with Crippen LogP contribution in [0.25, 0.3) is 5.70 Å². The molecule has 2 aliphatic heterocycles. The van der Waals surface area contributed by atoms with Gasteiger partial charge in [-0.3, -0.25) is 14.5 Å². The number of aliphatic hydroxyl groups excluding tert-OH is 1. The Bertz CT molecular complexity index is 1110. The average Bonchev–Trinajstić information content (AvgIpc) is 3.14. The number of morpholine rings is 1. The maximum absolute atomic E-state index is 13.5. The van der Waals surface area contributed by atoms with E-state index in [1.807, 2.05) is 0 Å². The number of halogens is 1. The monoisotopic (exact) mass is 484 g/mol. The van der Waals surface area contributed by atoms with Crippen molar-refractivity contribution < 1.29 is 33.3 Å². The third-order valence-electron chi connectivity index (χ3n) is 6.27. The average molecular weight is 485 g/mol. The van der Waals surface area contributed by atoms with Gasteiger partial charge in [-0.25, -0.2) is 4.39 Å². The van der Waals surface area contributed by atoms with Crippen molar-refractivity contribution in [2.24, 2.45) is 0 Å². The number of hydrogen-bond acceptors (Lipinski definition) is 7. The maximum Gasteiger partial charge on any atom is 0.260 e. The van der Waals surface area contributed by atoms with E-state index in [1.54, 1.807) is 18.2 Å². The molecule has 1 fully saturated rings. The van der Waals surface area contributed by atoms with Crippen LogP contribution in [0.2, 0.25) is 0 Å². The molecule has 1 saturated heterocycles. The summed E-state index contributed by atoms with van der Waals surface area (Å²) in [6, 6.07) is 10.1. The van der Waals surface area contributed by atoms with E-state index in [1.165, 1.54) is 43.4 Å². The zero-order valence-electron chi connectivity index (χ0n) is 19.8. The number of carbonyl (C=O) groups excluding carboxylic acids is 2. The van der Waals surface area contributed by atoms with E-state index in [0.717, 1.165) is 19.6 Å². The fraction of sp³-hybridized carbons (Fsp3) is 0.385. The highest BCUT2D eigenvalue weighted by Gasteiger charge is 2.43. The summed E-state index contributed by atoms with van der Waals surface area (Å²) in [5.41, 5.74) is 0.824. The molecule has 186 valence electrons. The Kier molecular flexibility index (Phi) is 7.80. The van der Waals surface area contributed by atoms with Gasteiger partial charge in [-0.05, 0) is 48.9 Å².